The van der Waals surface area contributed by atoms with Gasteiger partial charge in [0.15, 0.2) is 0 Å². The van der Waals surface area contributed by atoms with Gasteiger partial charge in [-0.25, -0.2) is 4.68 Å². The maximum absolute atomic E-state index is 11.0. The van der Waals surface area contributed by atoms with E-state index < -0.39 is 12.0 Å². The van der Waals surface area contributed by atoms with Crippen LogP contribution in [0.3, 0.4) is 0 Å². The van der Waals surface area contributed by atoms with Crippen LogP contribution in [0.1, 0.15) is 13.0 Å². The van der Waals surface area contributed by atoms with Crippen molar-refractivity contribution in [2.75, 3.05) is 7.11 Å². The van der Waals surface area contributed by atoms with Crippen LogP contribution >= 0.6 is 12.4 Å². The summed E-state index contributed by atoms with van der Waals surface area (Å²) < 4.78 is 6.02. The summed E-state index contributed by atoms with van der Waals surface area (Å²) in [5, 5.41) is 7.35. The Morgan fingerprint density at radius 3 is 2.71 bits per heavy atom. The van der Waals surface area contributed by atoms with E-state index in [1.54, 1.807) is 13.1 Å². The molecule has 0 fully saturated rings. The number of nitrogens with zero attached hydrogens (tertiary/aromatic N) is 3. The highest BCUT2D eigenvalue weighted by molar-refractivity contribution is 5.85. The van der Waals surface area contributed by atoms with E-state index in [1.165, 1.54) is 18.0 Å². The van der Waals surface area contributed by atoms with Gasteiger partial charge in [-0.2, -0.15) is 0 Å². The summed E-state index contributed by atoms with van der Waals surface area (Å²) in [5.41, 5.74) is 5.60. The zero-order chi connectivity index (χ0) is 9.84. The molecule has 0 saturated carbocycles. The van der Waals surface area contributed by atoms with Crippen molar-refractivity contribution in [3.8, 4) is 0 Å². The lowest BCUT2D eigenvalue weighted by atomic mass is 10.1. The van der Waals surface area contributed by atoms with E-state index in [-0.39, 0.29) is 18.4 Å². The molecule has 1 aromatic rings. The molecule has 0 amide bonds. The van der Waals surface area contributed by atoms with E-state index in [9.17, 15) is 4.79 Å². The number of esters is 1. The highest BCUT2D eigenvalue weighted by Gasteiger charge is 2.23. The second-order valence-corrected chi connectivity index (χ2v) is 2.67. The predicted octanol–water partition coefficient (Wildman–Crippen LogP) is -0.239. The van der Waals surface area contributed by atoms with Gasteiger partial charge in [-0.3, -0.25) is 4.79 Å². The van der Waals surface area contributed by atoms with E-state index >= 15 is 0 Å². The summed E-state index contributed by atoms with van der Waals surface area (Å²) in [6.45, 7) is 1.77. The van der Waals surface area contributed by atoms with Crippen LogP contribution in [-0.4, -0.2) is 34.1 Å². The van der Waals surface area contributed by atoms with Gasteiger partial charge in [0.2, 0.25) is 0 Å². The Hall–Kier alpha value is -1.14. The standard InChI is InChI=1S/C7H12N4O2.ClH/c1-5(6(8)7(12)13-2)11-4-3-9-10-11;/h3-6H,8H2,1-2H3;1H. The molecule has 0 aliphatic carbocycles. The molecule has 1 aromatic heterocycles. The summed E-state index contributed by atoms with van der Waals surface area (Å²) in [6.07, 6.45) is 3.17. The highest BCUT2D eigenvalue weighted by Crippen LogP contribution is 2.07. The molecular formula is C7H13ClN4O2. The normalized spacial score (nSPS) is 13.9. The monoisotopic (exact) mass is 220 g/mol. The van der Waals surface area contributed by atoms with Crippen LogP contribution in [0.4, 0.5) is 0 Å². The molecule has 2 atom stereocenters. The first kappa shape index (κ1) is 12.9. The van der Waals surface area contributed by atoms with E-state index in [0.717, 1.165) is 0 Å². The van der Waals surface area contributed by atoms with Gasteiger partial charge >= 0.3 is 5.97 Å². The molecule has 14 heavy (non-hydrogen) atoms. The molecule has 0 aliphatic rings. The van der Waals surface area contributed by atoms with Crippen molar-refractivity contribution in [2.24, 2.45) is 5.73 Å². The van der Waals surface area contributed by atoms with E-state index in [4.69, 9.17) is 5.73 Å². The Bertz CT molecular complexity index is 277. The first-order chi connectivity index (χ1) is 6.16. The topological polar surface area (TPSA) is 83.0 Å². The number of methoxy groups -OCH3 is 1. The molecule has 7 heteroatoms. The number of carbonyl (C=O) groups excluding carboxylic acids is 1. The number of nitrogens with two attached hydrogens (primary N) is 1. The van der Waals surface area contributed by atoms with Gasteiger partial charge in [0.1, 0.15) is 6.04 Å². The van der Waals surface area contributed by atoms with Crippen LogP contribution in [-0.2, 0) is 9.53 Å². The van der Waals surface area contributed by atoms with Gasteiger partial charge in [0, 0.05) is 6.20 Å². The quantitative estimate of drug-likeness (QED) is 0.711. The molecule has 1 rings (SSSR count). The average molecular weight is 221 g/mol. The second kappa shape index (κ2) is 5.56. The highest BCUT2D eigenvalue weighted by atomic mass is 35.5. The van der Waals surface area contributed by atoms with Crippen LogP contribution in [0.2, 0.25) is 0 Å². The largest absolute Gasteiger partial charge is 0.468 e. The fourth-order valence-corrected chi connectivity index (χ4v) is 0.932. The molecule has 0 aromatic carbocycles. The SMILES string of the molecule is COC(=O)C(N)C(C)n1ccnn1.Cl. The number of hydrogen-bond acceptors (Lipinski definition) is 5. The number of aromatic nitrogens is 3. The van der Waals surface area contributed by atoms with Crippen molar-refractivity contribution in [1.82, 2.24) is 15.0 Å². The van der Waals surface area contributed by atoms with Gasteiger partial charge in [-0.1, -0.05) is 5.21 Å². The van der Waals surface area contributed by atoms with Gasteiger partial charge in [-0.05, 0) is 6.92 Å². The van der Waals surface area contributed by atoms with Crippen molar-refractivity contribution >= 4 is 18.4 Å². The van der Waals surface area contributed by atoms with E-state index in [1.807, 2.05) is 0 Å². The van der Waals surface area contributed by atoms with E-state index in [0.29, 0.717) is 0 Å². The minimum Gasteiger partial charge on any atom is -0.468 e. The molecule has 0 spiro atoms. The van der Waals surface area contributed by atoms with Crippen molar-refractivity contribution < 1.29 is 9.53 Å². The van der Waals surface area contributed by atoms with Crippen LogP contribution in [0, 0.1) is 0 Å². The molecule has 1 heterocycles. The number of halogens is 1. The molecule has 6 nitrogen and oxygen atoms in total. The number of carbonyl (C=O) groups is 1. The maximum Gasteiger partial charge on any atom is 0.324 e. The lowest BCUT2D eigenvalue weighted by Gasteiger charge is -2.16. The summed E-state index contributed by atoms with van der Waals surface area (Å²) in [7, 11) is 1.30. The Kier molecular flexibility index (Phi) is 5.11. The average Bonchev–Trinajstić information content (AvgIpc) is 2.67. The summed E-state index contributed by atoms with van der Waals surface area (Å²) in [5.74, 6) is -0.456. The van der Waals surface area contributed by atoms with Crippen molar-refractivity contribution in [2.45, 2.75) is 19.0 Å². The number of hydrogen-bond donors (Lipinski definition) is 1. The van der Waals surface area contributed by atoms with Crippen molar-refractivity contribution in [1.29, 1.82) is 0 Å². The fraction of sp³-hybridized carbons (Fsp3) is 0.571. The fourth-order valence-electron chi connectivity index (χ4n) is 0.932. The van der Waals surface area contributed by atoms with E-state index in [2.05, 4.69) is 15.0 Å². The first-order valence-corrected chi connectivity index (χ1v) is 3.86. The molecule has 2 N–H and O–H groups in total. The van der Waals surface area contributed by atoms with Crippen LogP contribution in [0.25, 0.3) is 0 Å². The third-order valence-electron chi connectivity index (χ3n) is 1.85. The maximum atomic E-state index is 11.0. The van der Waals surface area contributed by atoms with Gasteiger partial charge in [0.25, 0.3) is 0 Å². The van der Waals surface area contributed by atoms with Gasteiger partial charge in [-0.15, -0.1) is 17.5 Å². The summed E-state index contributed by atoms with van der Waals surface area (Å²) in [4.78, 5) is 11.0. The Morgan fingerprint density at radius 2 is 2.29 bits per heavy atom. The zero-order valence-corrected chi connectivity index (χ0v) is 8.77. The summed E-state index contributed by atoms with van der Waals surface area (Å²) >= 11 is 0. The van der Waals surface area contributed by atoms with Crippen LogP contribution in [0.15, 0.2) is 12.4 Å². The Balaban J connectivity index is 0.00000169. The van der Waals surface area contributed by atoms with Crippen LogP contribution < -0.4 is 5.73 Å². The van der Waals surface area contributed by atoms with Crippen LogP contribution in [0.5, 0.6) is 0 Å². The van der Waals surface area contributed by atoms with Gasteiger partial charge < -0.3 is 10.5 Å². The Morgan fingerprint density at radius 1 is 1.64 bits per heavy atom. The lowest BCUT2D eigenvalue weighted by molar-refractivity contribution is -0.143. The summed E-state index contributed by atoms with van der Waals surface area (Å²) in [6, 6.07) is -0.971. The molecule has 0 bridgehead atoms. The number of rotatable bonds is 3. The Labute approximate surface area is 87.8 Å². The minimum absolute atomic E-state index is 0. The molecule has 0 radical (unpaired) electrons. The molecule has 0 aliphatic heterocycles. The molecule has 0 saturated heterocycles. The van der Waals surface area contributed by atoms with Gasteiger partial charge in [0.05, 0.1) is 19.3 Å². The van der Waals surface area contributed by atoms with Crippen molar-refractivity contribution in [3.63, 3.8) is 0 Å². The number of ether oxygens (including phenoxy) is 1. The second-order valence-electron chi connectivity index (χ2n) is 2.67. The first-order valence-electron chi connectivity index (χ1n) is 3.86. The zero-order valence-electron chi connectivity index (χ0n) is 7.95. The minimum atomic E-state index is -0.716. The smallest absolute Gasteiger partial charge is 0.324 e. The molecule has 2 unspecified atom stereocenters. The predicted molar refractivity (Wildman–Crippen MR) is 52.0 cm³/mol. The third-order valence-corrected chi connectivity index (χ3v) is 1.85. The van der Waals surface area contributed by atoms with Crippen molar-refractivity contribution in [3.05, 3.63) is 12.4 Å². The molecule has 80 valence electrons. The third kappa shape index (κ3) is 2.68. The lowest BCUT2D eigenvalue weighted by Crippen LogP contribution is -2.39. The molecular weight excluding hydrogens is 208 g/mol.